The van der Waals surface area contributed by atoms with Gasteiger partial charge >= 0.3 is 6.61 Å². The van der Waals surface area contributed by atoms with E-state index in [9.17, 15) is 8.78 Å². The SMILES string of the molecule is N#CCC1CCCC1OC(F)F. The van der Waals surface area contributed by atoms with E-state index in [0.29, 0.717) is 12.8 Å². The molecule has 2 nitrogen and oxygen atoms in total. The summed E-state index contributed by atoms with van der Waals surface area (Å²) in [4.78, 5) is 0. The molecular weight excluding hydrogens is 164 g/mol. The van der Waals surface area contributed by atoms with Gasteiger partial charge in [0.05, 0.1) is 12.2 Å². The Morgan fingerprint density at radius 1 is 1.50 bits per heavy atom. The lowest BCUT2D eigenvalue weighted by atomic mass is 10.0. The molecular formula is C8H11F2NO. The van der Waals surface area contributed by atoms with Crippen molar-refractivity contribution in [3.63, 3.8) is 0 Å². The van der Waals surface area contributed by atoms with Gasteiger partial charge in [-0.15, -0.1) is 0 Å². The first kappa shape index (κ1) is 9.40. The smallest absolute Gasteiger partial charge is 0.319 e. The molecule has 0 aromatic heterocycles. The van der Waals surface area contributed by atoms with Crippen LogP contribution in [0.25, 0.3) is 0 Å². The Labute approximate surface area is 70.1 Å². The Hall–Kier alpha value is -0.690. The van der Waals surface area contributed by atoms with Crippen molar-refractivity contribution in [2.45, 2.75) is 38.4 Å². The zero-order chi connectivity index (χ0) is 8.97. The minimum atomic E-state index is -2.70. The summed E-state index contributed by atoms with van der Waals surface area (Å²) in [6.07, 6.45) is 2.33. The van der Waals surface area contributed by atoms with Crippen LogP contribution in [0.15, 0.2) is 0 Å². The van der Waals surface area contributed by atoms with Gasteiger partial charge in [0.1, 0.15) is 0 Å². The molecule has 0 saturated heterocycles. The average molecular weight is 175 g/mol. The zero-order valence-electron chi connectivity index (χ0n) is 6.67. The maximum atomic E-state index is 11.8. The topological polar surface area (TPSA) is 33.0 Å². The summed E-state index contributed by atoms with van der Waals surface area (Å²) in [6.45, 7) is -2.70. The number of hydrogen-bond acceptors (Lipinski definition) is 2. The molecule has 2 unspecified atom stereocenters. The van der Waals surface area contributed by atoms with Gasteiger partial charge in [-0.1, -0.05) is 6.42 Å². The fourth-order valence-corrected chi connectivity index (χ4v) is 1.66. The fraction of sp³-hybridized carbons (Fsp3) is 0.875. The summed E-state index contributed by atoms with van der Waals surface area (Å²) < 4.78 is 28.0. The average Bonchev–Trinajstić information content (AvgIpc) is 2.37. The molecule has 0 spiro atoms. The van der Waals surface area contributed by atoms with Crippen molar-refractivity contribution >= 4 is 0 Å². The van der Waals surface area contributed by atoms with E-state index < -0.39 is 12.7 Å². The summed E-state index contributed by atoms with van der Waals surface area (Å²) in [7, 11) is 0. The van der Waals surface area contributed by atoms with Crippen molar-refractivity contribution in [2.75, 3.05) is 0 Å². The Morgan fingerprint density at radius 2 is 2.25 bits per heavy atom. The normalized spacial score (nSPS) is 29.2. The lowest BCUT2D eigenvalue weighted by Gasteiger charge is -2.16. The molecule has 2 atom stereocenters. The lowest BCUT2D eigenvalue weighted by molar-refractivity contribution is -0.170. The van der Waals surface area contributed by atoms with E-state index >= 15 is 0 Å². The van der Waals surface area contributed by atoms with Gasteiger partial charge < -0.3 is 4.74 Å². The highest BCUT2D eigenvalue weighted by molar-refractivity contribution is 4.85. The molecule has 1 fully saturated rings. The summed E-state index contributed by atoms with van der Waals surface area (Å²) in [5, 5.41) is 8.39. The minimum absolute atomic E-state index is 0.0176. The zero-order valence-corrected chi connectivity index (χ0v) is 6.67. The van der Waals surface area contributed by atoms with Crippen molar-refractivity contribution in [3.05, 3.63) is 0 Å². The van der Waals surface area contributed by atoms with E-state index in [0.717, 1.165) is 12.8 Å². The van der Waals surface area contributed by atoms with E-state index in [4.69, 9.17) is 5.26 Å². The summed E-state index contributed by atoms with van der Waals surface area (Å²) >= 11 is 0. The van der Waals surface area contributed by atoms with Gasteiger partial charge in [-0.3, -0.25) is 0 Å². The Bertz CT molecular complexity index is 178. The van der Waals surface area contributed by atoms with E-state index in [2.05, 4.69) is 4.74 Å². The lowest BCUT2D eigenvalue weighted by Crippen LogP contribution is -2.20. The maximum Gasteiger partial charge on any atom is 0.345 e. The fourth-order valence-electron chi connectivity index (χ4n) is 1.66. The van der Waals surface area contributed by atoms with Crippen LogP contribution in [0.3, 0.4) is 0 Å². The molecule has 12 heavy (non-hydrogen) atoms. The predicted octanol–water partition coefficient (Wildman–Crippen LogP) is 2.31. The number of rotatable bonds is 3. The second-order valence-corrected chi connectivity index (χ2v) is 2.99. The van der Waals surface area contributed by atoms with E-state index in [-0.39, 0.29) is 5.92 Å². The van der Waals surface area contributed by atoms with E-state index in [1.165, 1.54) is 0 Å². The molecule has 1 aliphatic carbocycles. The van der Waals surface area contributed by atoms with Crippen LogP contribution >= 0.6 is 0 Å². The molecule has 0 aliphatic heterocycles. The van der Waals surface area contributed by atoms with Crippen LogP contribution in [-0.2, 0) is 4.74 Å². The Balaban J connectivity index is 2.36. The third-order valence-electron chi connectivity index (χ3n) is 2.22. The van der Waals surface area contributed by atoms with Crippen LogP contribution in [0.2, 0.25) is 0 Å². The molecule has 0 heterocycles. The van der Waals surface area contributed by atoms with Crippen molar-refractivity contribution in [3.8, 4) is 6.07 Å². The highest BCUT2D eigenvalue weighted by Crippen LogP contribution is 2.31. The van der Waals surface area contributed by atoms with Crippen molar-refractivity contribution < 1.29 is 13.5 Å². The van der Waals surface area contributed by atoms with Crippen LogP contribution in [0.5, 0.6) is 0 Å². The molecule has 0 amide bonds. The monoisotopic (exact) mass is 175 g/mol. The quantitative estimate of drug-likeness (QED) is 0.659. The molecule has 1 rings (SSSR count). The van der Waals surface area contributed by atoms with E-state index in [1.807, 2.05) is 6.07 Å². The van der Waals surface area contributed by atoms with Crippen molar-refractivity contribution in [2.24, 2.45) is 5.92 Å². The minimum Gasteiger partial charge on any atom is -0.319 e. The molecule has 0 bridgehead atoms. The van der Waals surface area contributed by atoms with Crippen molar-refractivity contribution in [1.82, 2.24) is 0 Å². The first-order chi connectivity index (χ1) is 5.74. The maximum absolute atomic E-state index is 11.8. The Morgan fingerprint density at radius 3 is 2.83 bits per heavy atom. The molecule has 1 saturated carbocycles. The van der Waals surface area contributed by atoms with Crippen LogP contribution in [0, 0.1) is 17.2 Å². The highest BCUT2D eigenvalue weighted by Gasteiger charge is 2.29. The molecule has 0 aromatic rings. The molecule has 68 valence electrons. The number of hydrogen-bond donors (Lipinski definition) is 0. The Kier molecular flexibility index (Phi) is 3.42. The molecule has 0 N–H and O–H groups in total. The van der Waals surface area contributed by atoms with Crippen LogP contribution in [0.4, 0.5) is 8.78 Å². The van der Waals surface area contributed by atoms with Gasteiger partial charge in [-0.2, -0.15) is 14.0 Å². The summed E-state index contributed by atoms with van der Waals surface area (Å²) in [6, 6.07) is 1.99. The van der Waals surface area contributed by atoms with Gasteiger partial charge in [0.15, 0.2) is 0 Å². The number of nitrogens with zero attached hydrogens (tertiary/aromatic N) is 1. The predicted molar refractivity (Wildman–Crippen MR) is 38.4 cm³/mol. The standard InChI is InChI=1S/C8H11F2NO/c9-8(10)12-7-3-1-2-6(7)4-5-11/h6-8H,1-4H2. The van der Waals surface area contributed by atoms with Crippen LogP contribution < -0.4 is 0 Å². The van der Waals surface area contributed by atoms with Crippen LogP contribution in [-0.4, -0.2) is 12.7 Å². The third kappa shape index (κ3) is 2.42. The van der Waals surface area contributed by atoms with E-state index in [1.54, 1.807) is 0 Å². The van der Waals surface area contributed by atoms with Gasteiger partial charge in [-0.05, 0) is 18.8 Å². The van der Waals surface area contributed by atoms with Gasteiger partial charge in [0.2, 0.25) is 0 Å². The van der Waals surface area contributed by atoms with Gasteiger partial charge in [0.25, 0.3) is 0 Å². The van der Waals surface area contributed by atoms with Gasteiger partial charge in [0, 0.05) is 6.42 Å². The second kappa shape index (κ2) is 4.36. The van der Waals surface area contributed by atoms with Gasteiger partial charge in [-0.25, -0.2) is 0 Å². The first-order valence-corrected chi connectivity index (χ1v) is 4.04. The van der Waals surface area contributed by atoms with Crippen molar-refractivity contribution in [1.29, 1.82) is 5.26 Å². The third-order valence-corrected chi connectivity index (χ3v) is 2.22. The molecule has 0 radical (unpaired) electrons. The number of halogens is 2. The largest absolute Gasteiger partial charge is 0.345 e. The summed E-state index contributed by atoms with van der Waals surface area (Å²) in [5.74, 6) is 0.0176. The first-order valence-electron chi connectivity index (χ1n) is 4.04. The number of alkyl halides is 2. The second-order valence-electron chi connectivity index (χ2n) is 2.99. The van der Waals surface area contributed by atoms with Crippen LogP contribution in [0.1, 0.15) is 25.7 Å². The molecule has 4 heteroatoms. The highest BCUT2D eigenvalue weighted by atomic mass is 19.3. The summed E-state index contributed by atoms with van der Waals surface area (Å²) in [5.41, 5.74) is 0. The number of ether oxygens (including phenoxy) is 1. The molecule has 1 aliphatic rings. The number of nitriles is 1. The molecule has 0 aromatic carbocycles.